The van der Waals surface area contributed by atoms with Gasteiger partial charge < -0.3 is 9.64 Å². The number of hydrogen-bond donors (Lipinski definition) is 2. The van der Waals surface area contributed by atoms with Crippen LogP contribution in [0.5, 0.6) is 0 Å². The van der Waals surface area contributed by atoms with Crippen molar-refractivity contribution in [3.05, 3.63) is 27.9 Å². The van der Waals surface area contributed by atoms with Crippen molar-refractivity contribution in [1.82, 2.24) is 14.6 Å². The third kappa shape index (κ3) is 2.89. The highest BCUT2D eigenvalue weighted by Gasteiger charge is 2.37. The van der Waals surface area contributed by atoms with Gasteiger partial charge in [-0.3, -0.25) is 10.1 Å². The van der Waals surface area contributed by atoms with Gasteiger partial charge in [-0.05, 0) is 6.92 Å². The number of nitrogens with two attached hydrogens (primary N) is 1. The fourth-order valence-corrected chi connectivity index (χ4v) is 3.67. The first-order valence-electron chi connectivity index (χ1n) is 6.96. The number of esters is 1. The second-order valence-electron chi connectivity index (χ2n) is 4.87. The number of carbonyl (C=O) groups excluding carboxylic acids is 1. The van der Waals surface area contributed by atoms with Crippen molar-refractivity contribution in [3.63, 3.8) is 0 Å². The van der Waals surface area contributed by atoms with Crippen molar-refractivity contribution in [2.24, 2.45) is 10.1 Å². The molecule has 1 aromatic heterocycles. The molecule has 0 saturated carbocycles. The van der Waals surface area contributed by atoms with Crippen LogP contribution >= 0.6 is 23.5 Å². The summed E-state index contributed by atoms with van der Waals surface area (Å²) in [6.45, 7) is 3.21. The maximum absolute atomic E-state index is 12.2. The highest BCUT2D eigenvalue weighted by Crippen LogP contribution is 2.31. The third-order valence-electron chi connectivity index (χ3n) is 3.54. The zero-order valence-electron chi connectivity index (χ0n) is 12.1. The van der Waals surface area contributed by atoms with E-state index in [1.54, 1.807) is 24.5 Å². The molecule has 0 aromatic carbocycles. The lowest BCUT2D eigenvalue weighted by molar-refractivity contribution is -0.138. The summed E-state index contributed by atoms with van der Waals surface area (Å²) in [5, 5.41) is 8.29. The first kappa shape index (κ1) is 15.5. The summed E-state index contributed by atoms with van der Waals surface area (Å²) in [5.74, 6) is 0.537. The predicted octanol–water partition coefficient (Wildman–Crippen LogP) is 0.906. The van der Waals surface area contributed by atoms with E-state index in [0.717, 1.165) is 35.1 Å². The van der Waals surface area contributed by atoms with Gasteiger partial charge in [-0.25, -0.2) is 14.5 Å². The van der Waals surface area contributed by atoms with E-state index in [1.807, 2.05) is 5.38 Å². The first-order chi connectivity index (χ1) is 10.7. The molecular weight excluding hydrogens is 322 g/mol. The number of nitrogens with zero attached hydrogens (tertiary/aromatic N) is 3. The zero-order valence-corrected chi connectivity index (χ0v) is 13.7. The molecular formula is C13H17N5O2S2. The van der Waals surface area contributed by atoms with Gasteiger partial charge in [-0.15, -0.1) is 11.3 Å². The molecule has 1 atom stereocenters. The molecule has 0 spiro atoms. The average molecular weight is 339 g/mol. The summed E-state index contributed by atoms with van der Waals surface area (Å²) in [6, 6.07) is 0.165. The van der Waals surface area contributed by atoms with Crippen LogP contribution in [0.25, 0.3) is 0 Å². The van der Waals surface area contributed by atoms with Crippen LogP contribution in [0.15, 0.2) is 27.8 Å². The Bertz CT molecular complexity index is 614. The largest absolute Gasteiger partial charge is 0.463 e. The summed E-state index contributed by atoms with van der Waals surface area (Å²) >= 11 is 2.63. The van der Waals surface area contributed by atoms with Gasteiger partial charge in [0, 0.05) is 48.4 Å². The second kappa shape index (κ2) is 6.78. The van der Waals surface area contributed by atoms with E-state index in [4.69, 9.17) is 9.88 Å². The maximum atomic E-state index is 12.2. The van der Waals surface area contributed by atoms with Crippen LogP contribution in [-0.2, 0) is 9.53 Å². The van der Waals surface area contributed by atoms with Crippen molar-refractivity contribution in [3.8, 4) is 0 Å². The standard InChI is InChI=1S/C13H17N5O2S2/c1-2-20-13(19)9-6-16-11(12-15-3-4-21-12)18-7-8(17-22-14)5-10(9)18/h3-4,8,17H,2,5-7,14H2,1H3. The van der Waals surface area contributed by atoms with Gasteiger partial charge in [-0.2, -0.15) is 0 Å². The van der Waals surface area contributed by atoms with Crippen LogP contribution in [0.1, 0.15) is 18.4 Å². The maximum Gasteiger partial charge on any atom is 0.337 e. The Balaban J connectivity index is 1.91. The molecule has 0 radical (unpaired) electrons. The van der Waals surface area contributed by atoms with Gasteiger partial charge in [0.2, 0.25) is 0 Å². The highest BCUT2D eigenvalue weighted by atomic mass is 32.2. The number of nitrogens with one attached hydrogen (secondary N) is 1. The van der Waals surface area contributed by atoms with Crippen molar-refractivity contribution >= 4 is 35.3 Å². The van der Waals surface area contributed by atoms with Gasteiger partial charge in [-0.1, -0.05) is 0 Å². The van der Waals surface area contributed by atoms with E-state index in [2.05, 4.69) is 19.6 Å². The van der Waals surface area contributed by atoms with E-state index in [1.165, 1.54) is 0 Å². The van der Waals surface area contributed by atoms with Crippen LogP contribution in [0.4, 0.5) is 0 Å². The topological polar surface area (TPSA) is 92.8 Å². The fourth-order valence-electron chi connectivity index (χ4n) is 2.66. The molecule has 3 rings (SSSR count). The minimum Gasteiger partial charge on any atom is -0.463 e. The fraction of sp³-hybridized carbons (Fsp3) is 0.462. The number of aliphatic imine (C=N–C) groups is 1. The van der Waals surface area contributed by atoms with E-state index >= 15 is 0 Å². The van der Waals surface area contributed by atoms with Gasteiger partial charge in [0.25, 0.3) is 0 Å². The average Bonchev–Trinajstić information content (AvgIpc) is 3.16. The molecule has 118 valence electrons. The molecule has 7 nitrogen and oxygen atoms in total. The molecule has 0 bridgehead atoms. The molecule has 3 heterocycles. The Hall–Kier alpha value is -1.42. The van der Waals surface area contributed by atoms with Gasteiger partial charge in [0.1, 0.15) is 0 Å². The molecule has 0 aliphatic carbocycles. The number of ether oxygens (including phenoxy) is 1. The van der Waals surface area contributed by atoms with Crippen LogP contribution in [0.2, 0.25) is 0 Å². The predicted molar refractivity (Wildman–Crippen MR) is 87.2 cm³/mol. The number of hydrogen-bond acceptors (Lipinski definition) is 9. The van der Waals surface area contributed by atoms with Crippen LogP contribution in [0, 0.1) is 0 Å². The summed E-state index contributed by atoms with van der Waals surface area (Å²) in [7, 11) is 0. The van der Waals surface area contributed by atoms with Crippen LogP contribution in [0.3, 0.4) is 0 Å². The number of amidine groups is 1. The summed E-state index contributed by atoms with van der Waals surface area (Å²) in [6.07, 6.45) is 2.48. The Morgan fingerprint density at radius 1 is 1.68 bits per heavy atom. The molecule has 1 fully saturated rings. The van der Waals surface area contributed by atoms with Gasteiger partial charge in [0.05, 0.1) is 18.7 Å². The third-order valence-corrected chi connectivity index (χ3v) is 4.78. The minimum atomic E-state index is -0.287. The molecule has 22 heavy (non-hydrogen) atoms. The minimum absolute atomic E-state index is 0.165. The van der Waals surface area contributed by atoms with Crippen molar-refractivity contribution < 1.29 is 9.53 Å². The Kier molecular flexibility index (Phi) is 4.77. The lowest BCUT2D eigenvalue weighted by Gasteiger charge is -2.26. The summed E-state index contributed by atoms with van der Waals surface area (Å²) in [4.78, 5) is 23.1. The van der Waals surface area contributed by atoms with Crippen molar-refractivity contribution in [2.45, 2.75) is 19.4 Å². The zero-order chi connectivity index (χ0) is 15.5. The monoisotopic (exact) mass is 339 g/mol. The van der Waals surface area contributed by atoms with Gasteiger partial charge >= 0.3 is 5.97 Å². The molecule has 1 unspecified atom stereocenters. The van der Waals surface area contributed by atoms with E-state index in [0.29, 0.717) is 25.3 Å². The molecule has 1 saturated heterocycles. The lowest BCUT2D eigenvalue weighted by Crippen LogP contribution is -2.36. The Morgan fingerprint density at radius 2 is 2.55 bits per heavy atom. The lowest BCUT2D eigenvalue weighted by atomic mass is 10.1. The highest BCUT2D eigenvalue weighted by molar-refractivity contribution is 7.95. The second-order valence-corrected chi connectivity index (χ2v) is 6.24. The SMILES string of the molecule is CCOC(=O)C1=C2CC(NSN)CN2C(c2nccs2)=NC1. The molecule has 2 aliphatic heterocycles. The van der Waals surface area contributed by atoms with Crippen molar-refractivity contribution in [1.29, 1.82) is 0 Å². The number of rotatable bonds is 5. The summed E-state index contributed by atoms with van der Waals surface area (Å²) < 4.78 is 8.31. The first-order valence-corrected chi connectivity index (χ1v) is 8.72. The Labute approximate surface area is 136 Å². The van der Waals surface area contributed by atoms with Crippen LogP contribution in [-0.4, -0.2) is 47.4 Å². The summed E-state index contributed by atoms with van der Waals surface area (Å²) in [5.41, 5.74) is 1.60. The van der Waals surface area contributed by atoms with E-state index in [9.17, 15) is 4.79 Å². The number of carbonyl (C=O) groups is 1. The number of thiazole rings is 1. The Morgan fingerprint density at radius 3 is 3.23 bits per heavy atom. The van der Waals surface area contributed by atoms with Crippen molar-refractivity contribution in [2.75, 3.05) is 19.7 Å². The van der Waals surface area contributed by atoms with Gasteiger partial charge in [0.15, 0.2) is 10.8 Å². The molecule has 3 N–H and O–H groups in total. The molecule has 1 aromatic rings. The molecule has 2 aliphatic rings. The molecule has 9 heteroatoms. The van der Waals surface area contributed by atoms with Crippen LogP contribution < -0.4 is 9.86 Å². The number of fused-ring (bicyclic) bond motifs is 1. The number of aromatic nitrogens is 1. The smallest absolute Gasteiger partial charge is 0.337 e. The molecule has 0 amide bonds. The quantitative estimate of drug-likeness (QED) is 0.608. The van der Waals surface area contributed by atoms with E-state index < -0.39 is 0 Å². The normalized spacial score (nSPS) is 20.9. The van der Waals surface area contributed by atoms with E-state index in [-0.39, 0.29) is 12.0 Å².